The number of benzene rings is 2. The second-order valence-corrected chi connectivity index (χ2v) is 11.4. The van der Waals surface area contributed by atoms with Crippen molar-refractivity contribution in [3.8, 4) is 0 Å². The highest BCUT2D eigenvalue weighted by Crippen LogP contribution is 2.40. The number of H-pyrrole nitrogens is 1. The molecule has 204 valence electrons. The molecule has 3 atom stereocenters. The van der Waals surface area contributed by atoms with Gasteiger partial charge in [-0.1, -0.05) is 24.3 Å². The fourth-order valence-corrected chi connectivity index (χ4v) is 6.64. The van der Waals surface area contributed by atoms with Gasteiger partial charge in [0.05, 0.1) is 5.52 Å². The largest absolute Gasteiger partial charge is 0.383 e. The Morgan fingerprint density at radius 3 is 2.66 bits per heavy atom. The first kappa shape index (κ1) is 24.1. The number of nitrogens with zero attached hydrogens (tertiary/aromatic N) is 6. The van der Waals surface area contributed by atoms with Crippen LogP contribution in [0.5, 0.6) is 0 Å². The zero-order valence-electron chi connectivity index (χ0n) is 22.8. The molecule has 0 spiro atoms. The topological polar surface area (TPSA) is 111 Å². The molecule has 0 amide bonds. The average molecular weight is 542 g/mol. The van der Waals surface area contributed by atoms with E-state index in [0.29, 0.717) is 17.9 Å². The van der Waals surface area contributed by atoms with Crippen LogP contribution in [0.15, 0.2) is 90.2 Å². The van der Waals surface area contributed by atoms with Gasteiger partial charge < -0.3 is 16.0 Å². The Bertz CT molecular complexity index is 1780. The normalized spacial score (nSPS) is 23.4. The van der Waals surface area contributed by atoms with E-state index in [1.807, 2.05) is 55.7 Å². The van der Waals surface area contributed by atoms with Crippen molar-refractivity contribution in [3.05, 3.63) is 113 Å². The minimum atomic E-state index is -0.967. The molecular formula is C32H31N9. The first-order valence-electron chi connectivity index (χ1n) is 14.1. The zero-order valence-corrected chi connectivity index (χ0v) is 22.8. The molecule has 4 aliphatic heterocycles. The number of aromatic nitrogens is 4. The van der Waals surface area contributed by atoms with Gasteiger partial charge in [0.1, 0.15) is 17.3 Å². The van der Waals surface area contributed by atoms with E-state index >= 15 is 0 Å². The summed E-state index contributed by atoms with van der Waals surface area (Å²) in [6.45, 7) is 4.90. The van der Waals surface area contributed by atoms with E-state index in [1.54, 1.807) is 0 Å². The Balaban J connectivity index is 1.03. The highest BCUT2D eigenvalue weighted by molar-refractivity contribution is 6.04. The molecule has 9 nitrogen and oxygen atoms in total. The van der Waals surface area contributed by atoms with Gasteiger partial charge in [-0.15, -0.1) is 0 Å². The lowest BCUT2D eigenvalue weighted by atomic mass is 9.86. The average Bonchev–Trinajstić information content (AvgIpc) is 3.46. The predicted octanol–water partition coefficient (Wildman–Crippen LogP) is 4.16. The summed E-state index contributed by atoms with van der Waals surface area (Å²) in [5.41, 5.74) is 12.3. The number of para-hydroxylation sites is 1. The number of hydrogen-bond donors (Lipinski definition) is 3. The number of nitrogens with two attached hydrogens (primary N) is 1. The third kappa shape index (κ3) is 3.95. The van der Waals surface area contributed by atoms with Gasteiger partial charge in [-0.05, 0) is 67.4 Å². The Morgan fingerprint density at radius 2 is 1.85 bits per heavy atom. The number of nitrogens with one attached hydrogen (secondary N) is 2. The third-order valence-electron chi connectivity index (χ3n) is 8.75. The second-order valence-electron chi connectivity index (χ2n) is 11.4. The number of piperidine rings is 1. The molecule has 5 aromatic rings. The van der Waals surface area contributed by atoms with E-state index in [0.717, 1.165) is 59.2 Å². The quantitative estimate of drug-likeness (QED) is 0.306. The van der Waals surface area contributed by atoms with Crippen molar-refractivity contribution < 1.29 is 0 Å². The van der Waals surface area contributed by atoms with Crippen LogP contribution in [0.4, 0.5) is 11.5 Å². The van der Waals surface area contributed by atoms with E-state index < -0.39 is 5.66 Å². The van der Waals surface area contributed by atoms with Gasteiger partial charge in [-0.25, -0.2) is 9.98 Å². The lowest BCUT2D eigenvalue weighted by Crippen LogP contribution is -2.68. The maximum absolute atomic E-state index is 6.50. The summed E-state index contributed by atoms with van der Waals surface area (Å²) in [7, 11) is 0. The SMILES string of the molecule is Cc1cc(C2(c3ccc(N4CC5CC(C4)N5Cc4ccc5ncccc5c4)nc3)N=C(N)c3ccccc3N2)n[nH]1. The number of hydrogen-bond acceptors (Lipinski definition) is 8. The summed E-state index contributed by atoms with van der Waals surface area (Å²) < 4.78 is 0. The highest BCUT2D eigenvalue weighted by Gasteiger charge is 2.45. The van der Waals surface area contributed by atoms with Gasteiger partial charge in [0.2, 0.25) is 5.66 Å². The fourth-order valence-electron chi connectivity index (χ4n) is 6.64. The Morgan fingerprint density at radius 1 is 0.976 bits per heavy atom. The molecule has 3 unspecified atom stereocenters. The van der Waals surface area contributed by atoms with Crippen LogP contribution >= 0.6 is 0 Å². The number of amidine groups is 1. The molecule has 9 rings (SSSR count). The molecule has 0 aliphatic carbocycles. The van der Waals surface area contributed by atoms with E-state index in [-0.39, 0.29) is 0 Å². The Kier molecular flexibility index (Phi) is 5.36. The summed E-state index contributed by atoms with van der Waals surface area (Å²) >= 11 is 0. The van der Waals surface area contributed by atoms with Crippen LogP contribution in [0.2, 0.25) is 0 Å². The number of aryl methyl sites for hydroxylation is 1. The van der Waals surface area contributed by atoms with Gasteiger partial charge >= 0.3 is 0 Å². The molecule has 2 bridgehead atoms. The first-order valence-corrected chi connectivity index (χ1v) is 14.1. The summed E-state index contributed by atoms with van der Waals surface area (Å²) in [6.07, 6.45) is 5.00. The minimum Gasteiger partial charge on any atom is -0.383 e. The van der Waals surface area contributed by atoms with Crippen molar-refractivity contribution >= 4 is 28.2 Å². The van der Waals surface area contributed by atoms with Gasteiger partial charge in [0, 0.05) is 72.0 Å². The lowest BCUT2D eigenvalue weighted by Gasteiger charge is -2.56. The molecule has 2 aromatic carbocycles. The van der Waals surface area contributed by atoms with Gasteiger partial charge in [-0.3, -0.25) is 15.0 Å². The van der Waals surface area contributed by atoms with Crippen LogP contribution in [0, 0.1) is 6.92 Å². The van der Waals surface area contributed by atoms with Crippen molar-refractivity contribution in [2.75, 3.05) is 23.3 Å². The summed E-state index contributed by atoms with van der Waals surface area (Å²) in [4.78, 5) is 19.4. The van der Waals surface area contributed by atoms with Gasteiger partial charge in [0.25, 0.3) is 0 Å². The van der Waals surface area contributed by atoms with Crippen molar-refractivity contribution in [1.29, 1.82) is 0 Å². The molecule has 41 heavy (non-hydrogen) atoms. The standard InChI is InChI=1S/C32H31N9/c1-20-13-29(39-38-20)32(36-28-7-3-2-6-26(28)31(33)37-32)23-9-11-30(35-16-23)40-18-24-15-25(19-40)41(24)17-21-8-10-27-22(14-21)5-4-12-34-27/h2-14,16,24-25,36H,15,17-19H2,1H3,(H2,33,37)(H,38,39). The molecule has 7 heterocycles. The molecule has 9 heteroatoms. The van der Waals surface area contributed by atoms with E-state index in [2.05, 4.69) is 66.7 Å². The summed E-state index contributed by atoms with van der Waals surface area (Å²) in [5, 5.41) is 12.5. The predicted molar refractivity (Wildman–Crippen MR) is 161 cm³/mol. The van der Waals surface area contributed by atoms with Crippen LogP contribution in [0.25, 0.3) is 10.9 Å². The number of aliphatic imine (C=N–C) groups is 1. The maximum atomic E-state index is 6.50. The summed E-state index contributed by atoms with van der Waals surface area (Å²) in [6, 6.07) is 26.0. The van der Waals surface area contributed by atoms with Crippen molar-refractivity contribution in [3.63, 3.8) is 0 Å². The molecule has 3 saturated heterocycles. The van der Waals surface area contributed by atoms with E-state index in [9.17, 15) is 0 Å². The minimum absolute atomic E-state index is 0.475. The summed E-state index contributed by atoms with van der Waals surface area (Å²) in [5.74, 6) is 1.46. The third-order valence-corrected chi connectivity index (χ3v) is 8.75. The smallest absolute Gasteiger partial charge is 0.204 e. The van der Waals surface area contributed by atoms with E-state index in [4.69, 9.17) is 15.7 Å². The number of piperazine rings is 1. The molecule has 3 aromatic heterocycles. The fraction of sp³-hybridized carbons (Fsp3) is 0.250. The maximum Gasteiger partial charge on any atom is 0.204 e. The highest BCUT2D eigenvalue weighted by atomic mass is 15.4. The number of aromatic amines is 1. The molecule has 4 aliphatic rings. The van der Waals surface area contributed by atoms with Crippen LogP contribution < -0.4 is 16.0 Å². The van der Waals surface area contributed by atoms with Crippen molar-refractivity contribution in [2.24, 2.45) is 10.7 Å². The second kappa shape index (κ2) is 9.14. The number of fused-ring (bicyclic) bond motifs is 4. The molecular weight excluding hydrogens is 510 g/mol. The lowest BCUT2D eigenvalue weighted by molar-refractivity contribution is -0.00865. The Hall–Kier alpha value is -4.76. The van der Waals surface area contributed by atoms with Crippen molar-refractivity contribution in [2.45, 2.75) is 37.6 Å². The Labute approximate surface area is 238 Å². The molecule has 0 radical (unpaired) electrons. The van der Waals surface area contributed by atoms with E-state index in [1.165, 1.54) is 17.4 Å². The van der Waals surface area contributed by atoms with Crippen LogP contribution in [0.3, 0.4) is 0 Å². The van der Waals surface area contributed by atoms with Crippen molar-refractivity contribution in [1.82, 2.24) is 25.1 Å². The molecule has 4 N–H and O–H groups in total. The van der Waals surface area contributed by atoms with Gasteiger partial charge in [-0.2, -0.15) is 5.10 Å². The zero-order chi connectivity index (χ0) is 27.6. The molecule has 0 saturated carbocycles. The van der Waals surface area contributed by atoms with Crippen LogP contribution in [-0.4, -0.2) is 56.1 Å². The van der Waals surface area contributed by atoms with Crippen LogP contribution in [-0.2, 0) is 12.2 Å². The van der Waals surface area contributed by atoms with Crippen LogP contribution in [0.1, 0.15) is 34.5 Å². The number of anilines is 2. The van der Waals surface area contributed by atoms with Gasteiger partial charge in [0.15, 0.2) is 0 Å². The first-order chi connectivity index (χ1) is 20.1. The number of pyridine rings is 2. The molecule has 3 fully saturated rings. The monoisotopic (exact) mass is 541 g/mol. The number of rotatable bonds is 5.